The van der Waals surface area contributed by atoms with Crippen molar-refractivity contribution in [2.75, 3.05) is 42.1 Å². The summed E-state index contributed by atoms with van der Waals surface area (Å²) >= 11 is 1.37. The Morgan fingerprint density at radius 1 is 1.03 bits per heavy atom. The summed E-state index contributed by atoms with van der Waals surface area (Å²) in [6.07, 6.45) is 0. The van der Waals surface area contributed by atoms with Crippen molar-refractivity contribution in [3.8, 4) is 16.6 Å². The molecule has 0 unspecified atom stereocenters. The van der Waals surface area contributed by atoms with Crippen LogP contribution in [0.25, 0.3) is 20.9 Å². The molecule has 11 heteroatoms. The van der Waals surface area contributed by atoms with Crippen LogP contribution >= 0.6 is 11.3 Å². The summed E-state index contributed by atoms with van der Waals surface area (Å²) in [5.74, 6) is 0.465. The van der Waals surface area contributed by atoms with Crippen molar-refractivity contribution >= 4 is 45.2 Å². The van der Waals surface area contributed by atoms with Gasteiger partial charge in [0.15, 0.2) is 10.6 Å². The van der Waals surface area contributed by atoms with Gasteiger partial charge in [-0.1, -0.05) is 11.3 Å². The first-order valence-electron chi connectivity index (χ1n) is 10.5. The quantitative estimate of drug-likeness (QED) is 0.464. The molecule has 9 nitrogen and oxygen atoms in total. The van der Waals surface area contributed by atoms with E-state index in [1.165, 1.54) is 23.5 Å². The minimum Gasteiger partial charge on any atom is -0.368 e. The third-order valence-corrected chi connectivity index (χ3v) is 6.48. The lowest BCUT2D eigenvalue weighted by Crippen LogP contribution is -2.50. The summed E-state index contributed by atoms with van der Waals surface area (Å²) in [4.78, 5) is 30.6. The zero-order valence-corrected chi connectivity index (χ0v) is 18.7. The molecule has 0 saturated carbocycles. The predicted octanol–water partition coefficient (Wildman–Crippen LogP) is 3.70. The van der Waals surface area contributed by atoms with Crippen LogP contribution in [0.5, 0.6) is 0 Å². The topological polar surface area (TPSA) is 124 Å². The SMILES string of the molecule is N#Cc1ccc(NC(=O)N2CCN(c3nc(N)nc4sc(-c5ccc(F)cc5)nc34)CC2)cc1. The van der Waals surface area contributed by atoms with Gasteiger partial charge in [-0.3, -0.25) is 0 Å². The number of hydrogen-bond donors (Lipinski definition) is 2. The fourth-order valence-corrected chi connectivity index (χ4v) is 4.66. The number of rotatable bonds is 3. The van der Waals surface area contributed by atoms with E-state index >= 15 is 0 Å². The molecule has 0 spiro atoms. The Kier molecular flexibility index (Phi) is 5.65. The summed E-state index contributed by atoms with van der Waals surface area (Å²) in [5.41, 5.74) is 8.56. The summed E-state index contributed by atoms with van der Waals surface area (Å²) in [6.45, 7) is 2.08. The first-order chi connectivity index (χ1) is 16.5. The lowest BCUT2D eigenvalue weighted by atomic mass is 10.2. The molecule has 1 fully saturated rings. The number of benzene rings is 2. The predicted molar refractivity (Wildman–Crippen MR) is 129 cm³/mol. The number of aromatic nitrogens is 3. The number of carbonyl (C=O) groups is 1. The molecule has 0 radical (unpaired) electrons. The van der Waals surface area contributed by atoms with Gasteiger partial charge in [0.2, 0.25) is 5.95 Å². The maximum absolute atomic E-state index is 13.3. The van der Waals surface area contributed by atoms with Crippen LogP contribution in [0.2, 0.25) is 0 Å². The molecular formula is C23H19FN8OS. The Morgan fingerprint density at radius 3 is 2.41 bits per heavy atom. The molecule has 2 aromatic heterocycles. The van der Waals surface area contributed by atoms with Crippen LogP contribution in [-0.4, -0.2) is 52.1 Å². The summed E-state index contributed by atoms with van der Waals surface area (Å²) < 4.78 is 13.3. The number of nitriles is 1. The van der Waals surface area contributed by atoms with E-state index in [0.717, 1.165) is 5.56 Å². The fourth-order valence-electron chi connectivity index (χ4n) is 3.71. The van der Waals surface area contributed by atoms with Crippen molar-refractivity contribution in [1.82, 2.24) is 19.9 Å². The number of nitrogen functional groups attached to an aromatic ring is 1. The summed E-state index contributed by atoms with van der Waals surface area (Å²) in [7, 11) is 0. The van der Waals surface area contributed by atoms with Crippen molar-refractivity contribution in [2.24, 2.45) is 0 Å². The summed E-state index contributed by atoms with van der Waals surface area (Å²) in [5, 5.41) is 12.5. The fraction of sp³-hybridized carbons (Fsp3) is 0.174. The van der Waals surface area contributed by atoms with Crippen LogP contribution in [0.15, 0.2) is 48.5 Å². The molecule has 3 heterocycles. The monoisotopic (exact) mass is 474 g/mol. The Labute approximate surface area is 198 Å². The van der Waals surface area contributed by atoms with Gasteiger partial charge in [0, 0.05) is 37.4 Å². The van der Waals surface area contributed by atoms with E-state index in [0.29, 0.717) is 58.6 Å². The highest BCUT2D eigenvalue weighted by molar-refractivity contribution is 7.21. The van der Waals surface area contributed by atoms with Crippen LogP contribution in [0.4, 0.5) is 26.6 Å². The zero-order valence-electron chi connectivity index (χ0n) is 17.9. The van der Waals surface area contributed by atoms with Gasteiger partial charge in [0.05, 0.1) is 11.6 Å². The maximum Gasteiger partial charge on any atom is 0.321 e. The number of urea groups is 1. The van der Waals surface area contributed by atoms with Crippen LogP contribution < -0.4 is 16.0 Å². The van der Waals surface area contributed by atoms with E-state index in [2.05, 4.69) is 21.4 Å². The lowest BCUT2D eigenvalue weighted by molar-refractivity contribution is 0.208. The molecule has 34 heavy (non-hydrogen) atoms. The number of nitrogens with one attached hydrogen (secondary N) is 1. The number of halogens is 1. The van der Waals surface area contributed by atoms with Gasteiger partial charge < -0.3 is 20.9 Å². The van der Waals surface area contributed by atoms with Gasteiger partial charge in [0.1, 0.15) is 16.3 Å². The molecule has 2 aromatic carbocycles. The first-order valence-corrected chi connectivity index (χ1v) is 11.3. The van der Waals surface area contributed by atoms with E-state index in [-0.39, 0.29) is 17.8 Å². The normalized spacial score (nSPS) is 13.6. The molecule has 2 amide bonds. The van der Waals surface area contributed by atoms with Crippen molar-refractivity contribution in [2.45, 2.75) is 0 Å². The van der Waals surface area contributed by atoms with E-state index in [9.17, 15) is 9.18 Å². The van der Waals surface area contributed by atoms with E-state index in [4.69, 9.17) is 16.0 Å². The Balaban J connectivity index is 1.31. The molecule has 1 aliphatic rings. The van der Waals surface area contributed by atoms with Crippen LogP contribution in [-0.2, 0) is 0 Å². The van der Waals surface area contributed by atoms with Crippen LogP contribution in [0, 0.1) is 17.1 Å². The van der Waals surface area contributed by atoms with E-state index < -0.39 is 0 Å². The Bertz CT molecular complexity index is 1390. The number of amides is 2. The highest BCUT2D eigenvalue weighted by Crippen LogP contribution is 2.34. The molecule has 4 aromatic rings. The van der Waals surface area contributed by atoms with Crippen molar-refractivity contribution < 1.29 is 9.18 Å². The number of nitrogens with two attached hydrogens (primary N) is 1. The van der Waals surface area contributed by atoms with Crippen molar-refractivity contribution in [3.05, 3.63) is 59.9 Å². The second kappa shape index (κ2) is 8.92. The average molecular weight is 475 g/mol. The number of anilines is 3. The molecular weight excluding hydrogens is 455 g/mol. The second-order valence-corrected chi connectivity index (χ2v) is 8.66. The Morgan fingerprint density at radius 2 is 1.74 bits per heavy atom. The summed E-state index contributed by atoms with van der Waals surface area (Å²) in [6, 6.07) is 14.7. The maximum atomic E-state index is 13.3. The van der Waals surface area contributed by atoms with Crippen LogP contribution in [0.1, 0.15) is 5.56 Å². The van der Waals surface area contributed by atoms with Gasteiger partial charge in [-0.25, -0.2) is 19.2 Å². The first kappa shape index (κ1) is 21.5. The highest BCUT2D eigenvalue weighted by Gasteiger charge is 2.25. The van der Waals surface area contributed by atoms with Gasteiger partial charge >= 0.3 is 6.03 Å². The minimum absolute atomic E-state index is 0.151. The number of piperazine rings is 1. The molecule has 1 aliphatic heterocycles. The van der Waals surface area contributed by atoms with Gasteiger partial charge in [-0.05, 0) is 48.5 Å². The van der Waals surface area contributed by atoms with Crippen molar-refractivity contribution in [3.63, 3.8) is 0 Å². The standard InChI is InChI=1S/C23H19FN8OS/c24-16-5-3-15(4-6-16)20-28-18-19(29-22(26)30-21(18)34-20)31-9-11-32(12-10-31)23(33)27-17-7-1-14(13-25)2-8-17/h1-8H,9-12H2,(H,27,33)(H2,26,29,30). The number of fused-ring (bicyclic) bond motifs is 1. The van der Waals surface area contributed by atoms with E-state index in [1.54, 1.807) is 41.3 Å². The van der Waals surface area contributed by atoms with Gasteiger partial charge in [-0.2, -0.15) is 10.2 Å². The lowest BCUT2D eigenvalue weighted by Gasteiger charge is -2.35. The number of carbonyl (C=O) groups excluding carboxylic acids is 1. The van der Waals surface area contributed by atoms with Crippen LogP contribution in [0.3, 0.4) is 0 Å². The highest BCUT2D eigenvalue weighted by atomic mass is 32.1. The molecule has 3 N–H and O–H groups in total. The molecule has 1 saturated heterocycles. The largest absolute Gasteiger partial charge is 0.368 e. The number of thiazole rings is 1. The van der Waals surface area contributed by atoms with Gasteiger partial charge in [-0.15, -0.1) is 0 Å². The molecule has 0 aliphatic carbocycles. The smallest absolute Gasteiger partial charge is 0.321 e. The number of nitrogens with zero attached hydrogens (tertiary/aromatic N) is 6. The molecule has 5 rings (SSSR count). The third-order valence-electron chi connectivity index (χ3n) is 5.48. The third kappa shape index (κ3) is 4.31. The average Bonchev–Trinajstić information content (AvgIpc) is 3.28. The second-order valence-electron chi connectivity index (χ2n) is 7.68. The number of hydrogen-bond acceptors (Lipinski definition) is 8. The van der Waals surface area contributed by atoms with Crippen molar-refractivity contribution in [1.29, 1.82) is 5.26 Å². The molecule has 0 atom stereocenters. The molecule has 170 valence electrons. The Hall–Kier alpha value is -4.30. The van der Waals surface area contributed by atoms with E-state index in [1.807, 2.05) is 4.90 Å². The van der Waals surface area contributed by atoms with Gasteiger partial charge in [0.25, 0.3) is 0 Å². The minimum atomic E-state index is -0.310. The zero-order chi connectivity index (χ0) is 23.7. The molecule has 0 bridgehead atoms.